The van der Waals surface area contributed by atoms with Crippen molar-refractivity contribution >= 4 is 5.95 Å². The van der Waals surface area contributed by atoms with E-state index in [1.54, 1.807) is 6.20 Å². The van der Waals surface area contributed by atoms with Crippen LogP contribution in [0.15, 0.2) is 42.9 Å². The molecule has 2 N–H and O–H groups in total. The zero-order valence-electron chi connectivity index (χ0n) is 12.4. The van der Waals surface area contributed by atoms with Gasteiger partial charge in [0.25, 0.3) is 0 Å². The molecule has 0 spiro atoms. The second-order valence-electron chi connectivity index (χ2n) is 5.70. The molecule has 0 radical (unpaired) electrons. The first kappa shape index (κ1) is 13.0. The van der Waals surface area contributed by atoms with Crippen LogP contribution in [-0.4, -0.2) is 26.0 Å². The van der Waals surface area contributed by atoms with Gasteiger partial charge in [-0.25, -0.2) is 15.0 Å². The van der Waals surface area contributed by atoms with Crippen molar-refractivity contribution in [1.82, 2.24) is 19.9 Å². The van der Waals surface area contributed by atoms with Crippen LogP contribution in [0.5, 0.6) is 0 Å². The van der Waals surface area contributed by atoms with Crippen molar-refractivity contribution in [2.75, 3.05) is 5.32 Å². The lowest BCUT2D eigenvalue weighted by molar-refractivity contribution is 0.761. The van der Waals surface area contributed by atoms with Crippen molar-refractivity contribution in [1.29, 1.82) is 0 Å². The van der Waals surface area contributed by atoms with Gasteiger partial charge in [0.15, 0.2) is 0 Å². The summed E-state index contributed by atoms with van der Waals surface area (Å²) in [5.74, 6) is 1.57. The highest BCUT2D eigenvalue weighted by Gasteiger charge is 2.21. The maximum atomic E-state index is 4.42. The highest BCUT2D eigenvalue weighted by Crippen LogP contribution is 2.23. The number of anilines is 1. The highest BCUT2D eigenvalue weighted by atomic mass is 15.1. The number of hydrogen-bond donors (Lipinski definition) is 2. The summed E-state index contributed by atoms with van der Waals surface area (Å²) in [5.41, 5.74) is 4.73. The molecule has 1 aromatic carbocycles. The number of nitrogens with zero attached hydrogens (tertiary/aromatic N) is 3. The number of rotatable bonds is 3. The van der Waals surface area contributed by atoms with Gasteiger partial charge in [0.05, 0.1) is 11.9 Å². The number of aryl methyl sites for hydroxylation is 1. The molecule has 0 aliphatic heterocycles. The molecule has 0 saturated carbocycles. The minimum absolute atomic E-state index is 0.373. The predicted octanol–water partition coefficient (Wildman–Crippen LogP) is 2.75. The zero-order valence-corrected chi connectivity index (χ0v) is 12.4. The van der Waals surface area contributed by atoms with Crippen LogP contribution in [0.3, 0.4) is 0 Å². The third-order valence-corrected chi connectivity index (χ3v) is 4.05. The van der Waals surface area contributed by atoms with E-state index in [1.807, 2.05) is 19.3 Å². The molecule has 0 amide bonds. The summed E-state index contributed by atoms with van der Waals surface area (Å²) in [6, 6.07) is 8.96. The molecule has 0 bridgehead atoms. The topological polar surface area (TPSA) is 66.5 Å². The summed E-state index contributed by atoms with van der Waals surface area (Å²) in [6.07, 6.45) is 7.51. The molecule has 5 heteroatoms. The molecule has 1 aliphatic rings. The van der Waals surface area contributed by atoms with Gasteiger partial charge in [-0.05, 0) is 30.9 Å². The minimum atomic E-state index is 0.373. The Hall–Kier alpha value is -2.69. The first-order chi connectivity index (χ1) is 10.8. The van der Waals surface area contributed by atoms with E-state index in [-0.39, 0.29) is 0 Å². The lowest BCUT2D eigenvalue weighted by atomic mass is 10.1. The lowest BCUT2D eigenvalue weighted by Crippen LogP contribution is -2.20. The Balaban J connectivity index is 1.46. The van der Waals surface area contributed by atoms with Crippen molar-refractivity contribution in [2.45, 2.75) is 25.8 Å². The quantitative estimate of drug-likeness (QED) is 0.778. The van der Waals surface area contributed by atoms with Crippen molar-refractivity contribution < 1.29 is 0 Å². The number of fused-ring (bicyclic) bond motifs is 1. The van der Waals surface area contributed by atoms with Crippen LogP contribution in [0.1, 0.15) is 17.0 Å². The molecule has 0 fully saturated rings. The second-order valence-corrected chi connectivity index (χ2v) is 5.70. The molecular formula is C17H17N5. The molecule has 4 rings (SSSR count). The van der Waals surface area contributed by atoms with Gasteiger partial charge in [-0.15, -0.1) is 0 Å². The van der Waals surface area contributed by atoms with Gasteiger partial charge in [0, 0.05) is 24.0 Å². The van der Waals surface area contributed by atoms with Crippen molar-refractivity contribution in [3.05, 3.63) is 59.8 Å². The largest absolute Gasteiger partial charge is 0.351 e. The van der Waals surface area contributed by atoms with Gasteiger partial charge in [-0.1, -0.05) is 24.3 Å². The molecule has 2 heterocycles. The number of H-pyrrole nitrogens is 1. The predicted molar refractivity (Wildman–Crippen MR) is 85.6 cm³/mol. The monoisotopic (exact) mass is 291 g/mol. The Labute approximate surface area is 128 Å². The molecule has 0 saturated heterocycles. The third kappa shape index (κ3) is 2.45. The highest BCUT2D eigenvalue weighted by molar-refractivity contribution is 5.56. The molecule has 22 heavy (non-hydrogen) atoms. The summed E-state index contributed by atoms with van der Waals surface area (Å²) in [5, 5.41) is 3.42. The smallest absolute Gasteiger partial charge is 0.222 e. The molecule has 1 aliphatic carbocycles. The number of benzene rings is 1. The number of hydrogen-bond acceptors (Lipinski definition) is 4. The van der Waals surface area contributed by atoms with Crippen LogP contribution >= 0.6 is 0 Å². The van der Waals surface area contributed by atoms with Crippen molar-refractivity contribution in [2.24, 2.45) is 0 Å². The first-order valence-electron chi connectivity index (χ1n) is 7.45. The van der Waals surface area contributed by atoms with E-state index in [0.29, 0.717) is 12.0 Å². The van der Waals surface area contributed by atoms with E-state index in [2.05, 4.69) is 49.5 Å². The van der Waals surface area contributed by atoms with Crippen LogP contribution in [0, 0.1) is 6.92 Å². The molecule has 2 aromatic heterocycles. The maximum absolute atomic E-state index is 4.42. The van der Waals surface area contributed by atoms with Gasteiger partial charge < -0.3 is 10.3 Å². The van der Waals surface area contributed by atoms with Crippen LogP contribution in [-0.2, 0) is 12.8 Å². The SMILES string of the molecule is Cc1ncc(-c2cnc(NC3Cc4ccccc4C3)nc2)[nH]1. The molecule has 5 nitrogen and oxygen atoms in total. The summed E-state index contributed by atoms with van der Waals surface area (Å²) in [4.78, 5) is 16.2. The average Bonchev–Trinajstić information content (AvgIpc) is 3.13. The summed E-state index contributed by atoms with van der Waals surface area (Å²) in [7, 11) is 0. The van der Waals surface area contributed by atoms with Gasteiger partial charge in [-0.2, -0.15) is 0 Å². The van der Waals surface area contributed by atoms with Crippen LogP contribution in [0.25, 0.3) is 11.3 Å². The Morgan fingerprint density at radius 3 is 2.27 bits per heavy atom. The number of aromatic nitrogens is 4. The van der Waals surface area contributed by atoms with Crippen LogP contribution in [0.4, 0.5) is 5.95 Å². The number of nitrogens with one attached hydrogen (secondary N) is 2. The Morgan fingerprint density at radius 2 is 1.68 bits per heavy atom. The zero-order chi connectivity index (χ0) is 14.9. The lowest BCUT2D eigenvalue weighted by Gasteiger charge is -2.11. The fourth-order valence-electron chi connectivity index (χ4n) is 2.95. The summed E-state index contributed by atoms with van der Waals surface area (Å²) >= 11 is 0. The molecule has 0 unspecified atom stereocenters. The Kier molecular flexibility index (Phi) is 3.11. The van der Waals surface area contributed by atoms with E-state index >= 15 is 0 Å². The number of imidazole rings is 1. The van der Waals surface area contributed by atoms with Gasteiger partial charge in [0.1, 0.15) is 5.82 Å². The summed E-state index contributed by atoms with van der Waals surface area (Å²) < 4.78 is 0. The fraction of sp³-hybridized carbons (Fsp3) is 0.235. The first-order valence-corrected chi connectivity index (χ1v) is 7.45. The Bertz CT molecular complexity index is 766. The van der Waals surface area contributed by atoms with Crippen LogP contribution in [0.2, 0.25) is 0 Å². The van der Waals surface area contributed by atoms with E-state index in [0.717, 1.165) is 29.9 Å². The molecular weight excluding hydrogens is 274 g/mol. The maximum Gasteiger partial charge on any atom is 0.222 e. The minimum Gasteiger partial charge on any atom is -0.351 e. The number of aromatic amines is 1. The normalized spacial score (nSPS) is 14.0. The molecule has 110 valence electrons. The second kappa shape index (κ2) is 5.26. The molecule has 3 aromatic rings. The summed E-state index contributed by atoms with van der Waals surface area (Å²) in [6.45, 7) is 1.93. The average molecular weight is 291 g/mol. The standard InChI is InChI=1S/C17H17N5/c1-11-18-10-16(21-11)14-8-19-17(20-9-14)22-15-6-12-4-2-3-5-13(12)7-15/h2-5,8-10,15H,6-7H2,1H3,(H,18,21)(H,19,20,22). The fourth-order valence-corrected chi connectivity index (χ4v) is 2.95. The Morgan fingerprint density at radius 1 is 1.00 bits per heavy atom. The van der Waals surface area contributed by atoms with Crippen molar-refractivity contribution in [3.8, 4) is 11.3 Å². The molecule has 0 atom stereocenters. The third-order valence-electron chi connectivity index (χ3n) is 4.05. The van der Waals surface area contributed by atoms with E-state index in [9.17, 15) is 0 Å². The van der Waals surface area contributed by atoms with E-state index in [4.69, 9.17) is 0 Å². The van der Waals surface area contributed by atoms with Gasteiger partial charge in [0.2, 0.25) is 5.95 Å². The van der Waals surface area contributed by atoms with E-state index in [1.165, 1.54) is 11.1 Å². The van der Waals surface area contributed by atoms with Crippen molar-refractivity contribution in [3.63, 3.8) is 0 Å². The van der Waals surface area contributed by atoms with Crippen LogP contribution < -0.4 is 5.32 Å². The van der Waals surface area contributed by atoms with Gasteiger partial charge >= 0.3 is 0 Å². The van der Waals surface area contributed by atoms with E-state index < -0.39 is 0 Å². The van der Waals surface area contributed by atoms with Gasteiger partial charge in [-0.3, -0.25) is 0 Å².